The van der Waals surface area contributed by atoms with Gasteiger partial charge in [0, 0.05) is 0 Å². The summed E-state index contributed by atoms with van der Waals surface area (Å²) in [5, 5.41) is 0. The SMILES string of the molecule is CCCCc1cc(CCCC)c(N(CC2OCC(CCC)O2)C(=O)CCl)c(CCCC)c1. The van der Waals surface area contributed by atoms with E-state index in [1.165, 1.54) is 29.5 Å². The first kappa shape index (κ1) is 27.1. The van der Waals surface area contributed by atoms with E-state index >= 15 is 0 Å². The van der Waals surface area contributed by atoms with E-state index < -0.39 is 6.29 Å². The number of hydrogen-bond acceptors (Lipinski definition) is 3. The molecule has 0 saturated carbocycles. The standard InChI is InChI=1S/C27H44ClNO3/c1-5-9-13-21-16-22(14-10-6-2)27(23(17-21)15-11-7-3)29(25(30)18-28)19-26-31-20-24(32-26)12-8-4/h16-17,24,26H,5-15,18-20H2,1-4H3. The van der Waals surface area contributed by atoms with Gasteiger partial charge in [-0.2, -0.15) is 0 Å². The maximum absolute atomic E-state index is 13.1. The first-order valence-electron chi connectivity index (χ1n) is 12.9. The predicted molar refractivity (Wildman–Crippen MR) is 135 cm³/mol. The second-order valence-corrected chi connectivity index (χ2v) is 9.29. The topological polar surface area (TPSA) is 38.8 Å². The van der Waals surface area contributed by atoms with Crippen LogP contribution in [0, 0.1) is 0 Å². The number of ether oxygens (including phenoxy) is 2. The summed E-state index contributed by atoms with van der Waals surface area (Å²) in [7, 11) is 0. The lowest BCUT2D eigenvalue weighted by atomic mass is 9.93. The molecule has 0 spiro atoms. The molecule has 0 N–H and O–H groups in total. The Kier molecular flexibility index (Phi) is 12.7. The summed E-state index contributed by atoms with van der Waals surface area (Å²) in [6.45, 7) is 9.82. The molecule has 0 bridgehead atoms. The fourth-order valence-electron chi connectivity index (χ4n) is 4.44. The number of unbranched alkanes of at least 4 members (excludes halogenated alkanes) is 3. The molecule has 4 nitrogen and oxygen atoms in total. The van der Waals surface area contributed by atoms with Crippen LogP contribution in [0.5, 0.6) is 0 Å². The predicted octanol–water partition coefficient (Wildman–Crippen LogP) is 6.83. The first-order chi connectivity index (χ1) is 15.6. The van der Waals surface area contributed by atoms with Gasteiger partial charge in [0.15, 0.2) is 6.29 Å². The third kappa shape index (κ3) is 8.04. The quantitative estimate of drug-likeness (QED) is 0.266. The number of anilines is 1. The molecule has 0 aromatic heterocycles. The zero-order valence-corrected chi connectivity index (χ0v) is 21.5. The highest BCUT2D eigenvalue weighted by atomic mass is 35.5. The van der Waals surface area contributed by atoms with Gasteiger partial charge in [0.25, 0.3) is 0 Å². The van der Waals surface area contributed by atoms with Crippen molar-refractivity contribution in [3.8, 4) is 0 Å². The molecule has 1 aliphatic rings. The number of aryl methyl sites for hydroxylation is 3. The van der Waals surface area contributed by atoms with E-state index in [-0.39, 0.29) is 17.9 Å². The maximum Gasteiger partial charge on any atom is 0.242 e. The molecule has 1 saturated heterocycles. The van der Waals surface area contributed by atoms with Crippen molar-refractivity contribution in [2.24, 2.45) is 0 Å². The van der Waals surface area contributed by atoms with Crippen LogP contribution in [0.1, 0.15) is 95.8 Å². The molecule has 2 atom stereocenters. The minimum atomic E-state index is -0.392. The molecule has 5 heteroatoms. The zero-order chi connectivity index (χ0) is 23.3. The number of carbonyl (C=O) groups excluding carboxylic acids is 1. The highest BCUT2D eigenvalue weighted by Gasteiger charge is 2.31. The number of halogens is 1. The molecule has 1 aliphatic heterocycles. The molecule has 32 heavy (non-hydrogen) atoms. The van der Waals surface area contributed by atoms with Crippen molar-refractivity contribution in [1.29, 1.82) is 0 Å². The van der Waals surface area contributed by atoms with Crippen molar-refractivity contribution in [2.45, 2.75) is 111 Å². The van der Waals surface area contributed by atoms with Gasteiger partial charge >= 0.3 is 0 Å². The fraction of sp³-hybridized carbons (Fsp3) is 0.741. The van der Waals surface area contributed by atoms with E-state index in [1.54, 1.807) is 0 Å². The second kappa shape index (κ2) is 14.9. The lowest BCUT2D eigenvalue weighted by Gasteiger charge is -2.30. The van der Waals surface area contributed by atoms with E-state index in [4.69, 9.17) is 21.1 Å². The monoisotopic (exact) mass is 465 g/mol. The Labute approximate surface area is 201 Å². The van der Waals surface area contributed by atoms with Crippen LogP contribution in [0.3, 0.4) is 0 Å². The number of amides is 1. The molecule has 1 amide bonds. The number of alkyl halides is 1. The maximum atomic E-state index is 13.1. The van der Waals surface area contributed by atoms with Gasteiger partial charge in [0.05, 0.1) is 24.9 Å². The zero-order valence-electron chi connectivity index (χ0n) is 20.8. The lowest BCUT2D eigenvalue weighted by molar-refractivity contribution is -0.118. The third-order valence-electron chi connectivity index (χ3n) is 6.19. The lowest BCUT2D eigenvalue weighted by Crippen LogP contribution is -2.40. The van der Waals surface area contributed by atoms with Crippen molar-refractivity contribution >= 4 is 23.2 Å². The highest BCUT2D eigenvalue weighted by molar-refractivity contribution is 6.29. The summed E-state index contributed by atoms with van der Waals surface area (Å²) in [5.74, 6) is -0.113. The smallest absolute Gasteiger partial charge is 0.242 e. The summed E-state index contributed by atoms with van der Waals surface area (Å²) in [6, 6.07) is 4.67. The third-order valence-corrected chi connectivity index (χ3v) is 6.41. The summed E-state index contributed by atoms with van der Waals surface area (Å²) in [4.78, 5) is 15.0. The van der Waals surface area contributed by atoms with Crippen LogP contribution in [0.2, 0.25) is 0 Å². The van der Waals surface area contributed by atoms with Crippen molar-refractivity contribution in [2.75, 3.05) is 23.9 Å². The molecule has 0 aliphatic carbocycles. The van der Waals surface area contributed by atoms with Crippen molar-refractivity contribution < 1.29 is 14.3 Å². The molecule has 2 rings (SSSR count). The van der Waals surface area contributed by atoms with Crippen LogP contribution >= 0.6 is 11.6 Å². The summed E-state index contributed by atoms with van der Waals surface area (Å²) in [5.41, 5.74) is 4.99. The second-order valence-electron chi connectivity index (χ2n) is 9.02. The molecule has 1 heterocycles. The molecule has 1 aromatic carbocycles. The highest BCUT2D eigenvalue weighted by Crippen LogP contribution is 2.33. The summed E-state index contributed by atoms with van der Waals surface area (Å²) in [6.07, 6.45) is 11.6. The van der Waals surface area contributed by atoms with Crippen LogP contribution < -0.4 is 4.90 Å². The van der Waals surface area contributed by atoms with Crippen LogP contribution in [0.25, 0.3) is 0 Å². The molecular weight excluding hydrogens is 422 g/mol. The first-order valence-corrected chi connectivity index (χ1v) is 13.4. The van der Waals surface area contributed by atoms with Crippen LogP contribution in [0.15, 0.2) is 12.1 Å². The van der Waals surface area contributed by atoms with Crippen LogP contribution in [0.4, 0.5) is 5.69 Å². The van der Waals surface area contributed by atoms with Gasteiger partial charge in [-0.05, 0) is 61.6 Å². The average molecular weight is 466 g/mol. The van der Waals surface area contributed by atoms with Gasteiger partial charge in [-0.1, -0.05) is 65.5 Å². The molecular formula is C27H44ClNO3. The number of benzene rings is 1. The average Bonchev–Trinajstić information content (AvgIpc) is 3.25. The minimum absolute atomic E-state index is 0.0386. The normalized spacial score (nSPS) is 18.3. The largest absolute Gasteiger partial charge is 0.348 e. The fourth-order valence-corrected chi connectivity index (χ4v) is 4.58. The van der Waals surface area contributed by atoms with E-state index in [2.05, 4.69) is 39.8 Å². The van der Waals surface area contributed by atoms with Crippen molar-refractivity contribution in [3.63, 3.8) is 0 Å². The Morgan fingerprint density at radius 3 is 2.09 bits per heavy atom. The van der Waals surface area contributed by atoms with E-state index in [0.29, 0.717) is 13.2 Å². The number of carbonyl (C=O) groups is 1. The molecule has 0 radical (unpaired) electrons. The minimum Gasteiger partial charge on any atom is -0.348 e. The Morgan fingerprint density at radius 2 is 1.56 bits per heavy atom. The van der Waals surface area contributed by atoms with Gasteiger partial charge in [0.2, 0.25) is 5.91 Å². The number of hydrogen-bond donors (Lipinski definition) is 0. The van der Waals surface area contributed by atoms with Gasteiger partial charge in [-0.3, -0.25) is 4.79 Å². The summed E-state index contributed by atoms with van der Waals surface area (Å²) >= 11 is 6.10. The Hall–Kier alpha value is -1.10. The van der Waals surface area contributed by atoms with E-state index in [0.717, 1.165) is 63.5 Å². The number of nitrogens with zero attached hydrogens (tertiary/aromatic N) is 1. The van der Waals surface area contributed by atoms with Gasteiger partial charge in [0.1, 0.15) is 5.88 Å². The van der Waals surface area contributed by atoms with E-state index in [9.17, 15) is 4.79 Å². The van der Waals surface area contributed by atoms with Crippen LogP contribution in [-0.2, 0) is 33.5 Å². The van der Waals surface area contributed by atoms with Gasteiger partial charge < -0.3 is 14.4 Å². The Bertz CT molecular complexity index is 664. The molecule has 1 fully saturated rings. The number of rotatable bonds is 15. The molecule has 182 valence electrons. The van der Waals surface area contributed by atoms with Gasteiger partial charge in [-0.25, -0.2) is 0 Å². The Balaban J connectivity index is 2.44. The van der Waals surface area contributed by atoms with Crippen LogP contribution in [-0.4, -0.2) is 37.3 Å². The molecule has 1 aromatic rings. The molecule has 2 unspecified atom stereocenters. The van der Waals surface area contributed by atoms with Crippen molar-refractivity contribution in [1.82, 2.24) is 0 Å². The van der Waals surface area contributed by atoms with E-state index in [1.807, 2.05) is 4.90 Å². The summed E-state index contributed by atoms with van der Waals surface area (Å²) < 4.78 is 12.0. The van der Waals surface area contributed by atoms with Crippen molar-refractivity contribution in [3.05, 3.63) is 28.8 Å². The Morgan fingerprint density at radius 1 is 0.969 bits per heavy atom. The van der Waals surface area contributed by atoms with Gasteiger partial charge in [-0.15, -0.1) is 11.6 Å².